The topological polar surface area (TPSA) is 35.6 Å². The summed E-state index contributed by atoms with van der Waals surface area (Å²) in [6.07, 6.45) is 0.908. The maximum atomic E-state index is 5.15. The third kappa shape index (κ3) is 4.88. The quantitative estimate of drug-likeness (QED) is 0.190. The van der Waals surface area contributed by atoms with Gasteiger partial charge in [0, 0.05) is 22.3 Å². The molecule has 0 atom stereocenters. The Morgan fingerprint density at radius 2 is 0.723 bits per heavy atom. The van der Waals surface area contributed by atoms with Crippen LogP contribution in [-0.4, -0.2) is 19.6 Å². The van der Waals surface area contributed by atoms with Crippen LogP contribution >= 0.6 is 0 Å². The molecule has 47 heavy (non-hydrogen) atoms. The van der Waals surface area contributed by atoms with E-state index in [9.17, 15) is 0 Å². The first-order chi connectivity index (χ1) is 23.3. The van der Waals surface area contributed by atoms with E-state index < -0.39 is 0 Å². The molecule has 4 heteroatoms. The molecule has 0 aliphatic heterocycles. The molecule has 0 unspecified atom stereocenters. The first kappa shape index (κ1) is 27.1. The molecule has 1 aliphatic rings. The van der Waals surface area contributed by atoms with E-state index in [1.807, 2.05) is 12.1 Å². The number of rotatable bonds is 6. The van der Waals surface area contributed by atoms with Gasteiger partial charge in [-0.05, 0) is 65.1 Å². The summed E-state index contributed by atoms with van der Waals surface area (Å²) in [5.41, 5.74) is 15.7. The Balaban J connectivity index is 1.17. The van der Waals surface area contributed by atoms with Gasteiger partial charge in [-0.3, -0.25) is 0 Å². The molecule has 2 aromatic heterocycles. The molecule has 0 N–H and O–H groups in total. The molecule has 0 amide bonds. The highest BCUT2D eigenvalue weighted by molar-refractivity contribution is 5.81. The lowest BCUT2D eigenvalue weighted by molar-refractivity contribution is 0.891. The van der Waals surface area contributed by atoms with Crippen LogP contribution in [0, 0.1) is 0 Å². The second kappa shape index (κ2) is 11.3. The molecule has 6 aromatic carbocycles. The number of fused-ring (bicyclic) bond motifs is 3. The number of aromatic nitrogens is 4. The van der Waals surface area contributed by atoms with Gasteiger partial charge in [-0.15, -0.1) is 0 Å². The van der Waals surface area contributed by atoms with Gasteiger partial charge < -0.3 is 0 Å². The Kier molecular flexibility index (Phi) is 6.50. The fraction of sp³-hybridized carbons (Fsp3) is 0.0233. The molecule has 0 spiro atoms. The van der Waals surface area contributed by atoms with Crippen molar-refractivity contribution in [3.05, 3.63) is 181 Å². The van der Waals surface area contributed by atoms with Crippen LogP contribution in [-0.2, 0) is 6.42 Å². The van der Waals surface area contributed by atoms with Crippen LogP contribution in [0.3, 0.4) is 0 Å². The highest BCUT2D eigenvalue weighted by atomic mass is 15.3. The van der Waals surface area contributed by atoms with E-state index in [-0.39, 0.29) is 0 Å². The maximum Gasteiger partial charge on any atom is 0.0934 e. The van der Waals surface area contributed by atoms with Gasteiger partial charge in [-0.25, -0.2) is 9.36 Å². The standard InChI is InChI=1S/C43H30N4/c1-5-13-30(14-6-1)40-28-42(32-17-9-3-10-18-32)46(44-40)36-23-21-34-25-35-22-24-37(27-39(35)38(34)26-36)47-43(33-19-11-4-12-20-33)29-41(45-47)31-15-7-2-8-16-31/h1-24,26-29H,25H2. The van der Waals surface area contributed by atoms with Crippen LogP contribution in [0.1, 0.15) is 11.1 Å². The van der Waals surface area contributed by atoms with Gasteiger partial charge in [0.1, 0.15) is 0 Å². The van der Waals surface area contributed by atoms with E-state index in [4.69, 9.17) is 10.2 Å². The van der Waals surface area contributed by atoms with Gasteiger partial charge in [-0.2, -0.15) is 10.2 Å². The Hall–Kier alpha value is -6.26. The maximum absolute atomic E-state index is 5.15. The number of hydrogen-bond acceptors (Lipinski definition) is 2. The lowest BCUT2D eigenvalue weighted by atomic mass is 10.0. The number of benzene rings is 6. The lowest BCUT2D eigenvalue weighted by Crippen LogP contribution is -2.01. The number of nitrogens with zero attached hydrogens (tertiary/aromatic N) is 4. The zero-order valence-corrected chi connectivity index (χ0v) is 25.7. The molecule has 4 nitrogen and oxygen atoms in total. The predicted octanol–water partition coefficient (Wildman–Crippen LogP) is 10.3. The van der Waals surface area contributed by atoms with Crippen molar-refractivity contribution in [1.29, 1.82) is 0 Å². The summed E-state index contributed by atoms with van der Waals surface area (Å²) in [5.74, 6) is 0. The van der Waals surface area contributed by atoms with E-state index in [2.05, 4.69) is 167 Å². The molecule has 9 rings (SSSR count). The summed E-state index contributed by atoms with van der Waals surface area (Å²) in [5, 5.41) is 10.3. The molecule has 8 aromatic rings. The summed E-state index contributed by atoms with van der Waals surface area (Å²) in [6.45, 7) is 0. The molecule has 0 fully saturated rings. The van der Waals surface area contributed by atoms with E-state index >= 15 is 0 Å². The second-order valence-electron chi connectivity index (χ2n) is 12.0. The normalized spacial score (nSPS) is 11.7. The van der Waals surface area contributed by atoms with E-state index in [1.54, 1.807) is 0 Å². The lowest BCUT2D eigenvalue weighted by Gasteiger charge is -2.12. The van der Waals surface area contributed by atoms with Crippen molar-refractivity contribution in [2.24, 2.45) is 0 Å². The molecule has 0 radical (unpaired) electrons. The molecular weight excluding hydrogens is 573 g/mol. The summed E-state index contributed by atoms with van der Waals surface area (Å²) >= 11 is 0. The smallest absolute Gasteiger partial charge is 0.0934 e. The zero-order valence-electron chi connectivity index (χ0n) is 25.7. The highest BCUT2D eigenvalue weighted by Gasteiger charge is 2.23. The third-order valence-electron chi connectivity index (χ3n) is 9.04. The van der Waals surface area contributed by atoms with Gasteiger partial charge in [0.05, 0.1) is 34.2 Å². The van der Waals surface area contributed by atoms with Gasteiger partial charge in [-0.1, -0.05) is 133 Å². The fourth-order valence-corrected chi connectivity index (χ4v) is 6.69. The SMILES string of the molecule is c1ccc(-c2cc(-c3ccccc3)n(-c3ccc4c(c3)-c3cc(-n5nc(-c6ccccc6)cc5-c5ccccc5)ccc3C4)n2)cc1. The van der Waals surface area contributed by atoms with E-state index in [1.165, 1.54) is 22.3 Å². The Bertz CT molecular complexity index is 2180. The van der Waals surface area contributed by atoms with Crippen LogP contribution in [0.5, 0.6) is 0 Å². The average Bonchev–Trinajstić information content (AvgIpc) is 3.89. The Morgan fingerprint density at radius 1 is 0.362 bits per heavy atom. The minimum atomic E-state index is 0.908. The van der Waals surface area contributed by atoms with Crippen LogP contribution in [0.15, 0.2) is 170 Å². The van der Waals surface area contributed by atoms with Crippen LogP contribution in [0.25, 0.3) is 67.5 Å². The van der Waals surface area contributed by atoms with Gasteiger partial charge in [0.25, 0.3) is 0 Å². The minimum absolute atomic E-state index is 0.908. The highest BCUT2D eigenvalue weighted by Crippen LogP contribution is 2.40. The molecule has 222 valence electrons. The van der Waals surface area contributed by atoms with Crippen molar-refractivity contribution < 1.29 is 0 Å². The average molecular weight is 603 g/mol. The summed E-state index contributed by atoms with van der Waals surface area (Å²) in [7, 11) is 0. The largest absolute Gasteiger partial charge is 0.232 e. The molecule has 0 saturated carbocycles. The molecule has 2 heterocycles. The third-order valence-corrected chi connectivity index (χ3v) is 9.04. The molecular formula is C43H30N4. The van der Waals surface area contributed by atoms with Crippen molar-refractivity contribution in [3.8, 4) is 67.5 Å². The first-order valence-corrected chi connectivity index (χ1v) is 16.0. The fourth-order valence-electron chi connectivity index (χ4n) is 6.69. The van der Waals surface area contributed by atoms with Crippen LogP contribution in [0.4, 0.5) is 0 Å². The van der Waals surface area contributed by atoms with Gasteiger partial charge in [0.15, 0.2) is 0 Å². The van der Waals surface area contributed by atoms with Crippen LogP contribution < -0.4 is 0 Å². The minimum Gasteiger partial charge on any atom is -0.232 e. The van der Waals surface area contributed by atoms with Crippen molar-refractivity contribution in [2.75, 3.05) is 0 Å². The zero-order chi connectivity index (χ0) is 31.2. The van der Waals surface area contributed by atoms with Gasteiger partial charge in [0.2, 0.25) is 0 Å². The van der Waals surface area contributed by atoms with Crippen molar-refractivity contribution in [2.45, 2.75) is 6.42 Å². The first-order valence-electron chi connectivity index (χ1n) is 16.0. The summed E-state index contributed by atoms with van der Waals surface area (Å²) < 4.78 is 4.18. The predicted molar refractivity (Wildman–Crippen MR) is 191 cm³/mol. The molecule has 0 saturated heterocycles. The monoisotopic (exact) mass is 602 g/mol. The van der Waals surface area contributed by atoms with Crippen molar-refractivity contribution in [1.82, 2.24) is 19.6 Å². The van der Waals surface area contributed by atoms with Crippen LogP contribution in [0.2, 0.25) is 0 Å². The Morgan fingerprint density at radius 3 is 1.11 bits per heavy atom. The van der Waals surface area contributed by atoms with E-state index in [0.717, 1.165) is 62.8 Å². The molecule has 0 bridgehead atoms. The van der Waals surface area contributed by atoms with Gasteiger partial charge >= 0.3 is 0 Å². The summed E-state index contributed by atoms with van der Waals surface area (Å²) in [4.78, 5) is 0. The Labute approximate surface area is 273 Å². The van der Waals surface area contributed by atoms with Crippen molar-refractivity contribution >= 4 is 0 Å². The summed E-state index contributed by atoms with van der Waals surface area (Å²) in [6, 6.07) is 59.7. The molecule has 1 aliphatic carbocycles. The van der Waals surface area contributed by atoms with Crippen molar-refractivity contribution in [3.63, 3.8) is 0 Å². The van der Waals surface area contributed by atoms with E-state index in [0.29, 0.717) is 0 Å². The number of hydrogen-bond donors (Lipinski definition) is 0. The second-order valence-corrected chi connectivity index (χ2v) is 12.0.